The summed E-state index contributed by atoms with van der Waals surface area (Å²) in [6, 6.07) is 16.8. The molecule has 0 atom stereocenters. The number of aryl methyl sites for hydroxylation is 2. The van der Waals surface area contributed by atoms with Gasteiger partial charge in [-0.3, -0.25) is 19.6 Å². The molecule has 1 amide bonds. The first kappa shape index (κ1) is 18.7. The third-order valence-corrected chi connectivity index (χ3v) is 4.68. The minimum Gasteiger partial charge on any atom is -0.267 e. The number of nitro benzene ring substituents is 1. The van der Waals surface area contributed by atoms with Gasteiger partial charge in [0, 0.05) is 34.1 Å². The Morgan fingerprint density at radius 1 is 1.04 bits per heavy atom. The summed E-state index contributed by atoms with van der Waals surface area (Å²) in [7, 11) is 0. The molecule has 0 aliphatic carbocycles. The van der Waals surface area contributed by atoms with Gasteiger partial charge in [-0.2, -0.15) is 0 Å². The lowest BCUT2D eigenvalue weighted by molar-refractivity contribution is -0.384. The van der Waals surface area contributed by atoms with Crippen molar-refractivity contribution in [2.24, 2.45) is 0 Å². The number of hydrogen-bond donors (Lipinski definition) is 0. The molecule has 0 saturated heterocycles. The largest absolute Gasteiger partial charge is 0.273 e. The van der Waals surface area contributed by atoms with E-state index in [9.17, 15) is 14.9 Å². The Balaban J connectivity index is 2.02. The Morgan fingerprint density at radius 3 is 2.19 bits per heavy atom. The first-order chi connectivity index (χ1) is 12.9. The monoisotopic (exact) mass is 383 g/mol. The van der Waals surface area contributed by atoms with Gasteiger partial charge in [0.1, 0.15) is 0 Å². The van der Waals surface area contributed by atoms with Gasteiger partial charge in [-0.1, -0.05) is 29.8 Å². The molecule has 7 heteroatoms. The molecular formula is C20H18ClN3O3. The highest BCUT2D eigenvalue weighted by molar-refractivity contribution is 6.31. The molecule has 138 valence electrons. The van der Waals surface area contributed by atoms with Gasteiger partial charge in [0.25, 0.3) is 11.6 Å². The second-order valence-electron chi connectivity index (χ2n) is 6.19. The van der Waals surface area contributed by atoms with Gasteiger partial charge >= 0.3 is 0 Å². The molecule has 6 nitrogen and oxygen atoms in total. The smallest absolute Gasteiger partial charge is 0.267 e. The Labute approximate surface area is 161 Å². The van der Waals surface area contributed by atoms with E-state index in [2.05, 4.69) is 0 Å². The second kappa shape index (κ2) is 7.63. The van der Waals surface area contributed by atoms with Gasteiger partial charge in [-0.15, -0.1) is 0 Å². The summed E-state index contributed by atoms with van der Waals surface area (Å²) in [4.78, 5) is 23.6. The Morgan fingerprint density at radius 2 is 1.63 bits per heavy atom. The molecule has 1 heterocycles. The van der Waals surface area contributed by atoms with E-state index < -0.39 is 4.92 Å². The Bertz CT molecular complexity index is 976. The normalized spacial score (nSPS) is 10.6. The summed E-state index contributed by atoms with van der Waals surface area (Å²) in [5, 5.41) is 13.0. The quantitative estimate of drug-likeness (QED) is 0.476. The van der Waals surface area contributed by atoms with Crippen LogP contribution in [0.2, 0.25) is 5.02 Å². The lowest BCUT2D eigenvalue weighted by Crippen LogP contribution is -2.41. The minimum atomic E-state index is -0.490. The highest BCUT2D eigenvalue weighted by atomic mass is 35.5. The van der Waals surface area contributed by atoms with Gasteiger partial charge < -0.3 is 0 Å². The SMILES string of the molecule is Cc1ccc(C)n1N(Cc1ccccc1Cl)C(=O)c1ccc([N+](=O)[O-])cc1. The molecule has 3 rings (SSSR count). The highest BCUT2D eigenvalue weighted by Gasteiger charge is 2.22. The predicted molar refractivity (Wildman–Crippen MR) is 105 cm³/mol. The van der Waals surface area contributed by atoms with E-state index in [-0.39, 0.29) is 18.1 Å². The number of nitrogens with zero attached hydrogens (tertiary/aromatic N) is 3. The standard InChI is InChI=1S/C20H18ClN3O3/c1-14-7-8-15(2)23(14)22(13-17-5-3-4-6-19(17)21)20(25)16-9-11-18(12-10-16)24(26)27/h3-12H,13H2,1-2H3. The molecule has 0 aliphatic rings. The maximum atomic E-state index is 13.2. The lowest BCUT2D eigenvalue weighted by atomic mass is 10.1. The van der Waals surface area contributed by atoms with E-state index in [1.807, 2.05) is 48.9 Å². The van der Waals surface area contributed by atoms with E-state index in [4.69, 9.17) is 11.6 Å². The molecule has 0 spiro atoms. The maximum Gasteiger partial charge on any atom is 0.273 e. The van der Waals surface area contributed by atoms with Crippen LogP contribution in [0.25, 0.3) is 0 Å². The number of aromatic nitrogens is 1. The van der Waals surface area contributed by atoms with Crippen molar-refractivity contribution in [2.45, 2.75) is 20.4 Å². The summed E-state index contributed by atoms with van der Waals surface area (Å²) in [6.45, 7) is 4.09. The Hall–Kier alpha value is -3.12. The number of carbonyl (C=O) groups is 1. The number of non-ortho nitro benzene ring substituents is 1. The summed E-state index contributed by atoms with van der Waals surface area (Å²) in [6.07, 6.45) is 0. The summed E-state index contributed by atoms with van der Waals surface area (Å²) in [5.74, 6) is -0.271. The fourth-order valence-corrected chi connectivity index (χ4v) is 3.13. The fraction of sp³-hybridized carbons (Fsp3) is 0.150. The molecule has 2 aromatic carbocycles. The first-order valence-electron chi connectivity index (χ1n) is 8.33. The number of amides is 1. The summed E-state index contributed by atoms with van der Waals surface area (Å²) < 4.78 is 1.83. The first-order valence-corrected chi connectivity index (χ1v) is 8.71. The van der Waals surface area contributed by atoms with Crippen LogP contribution >= 0.6 is 11.6 Å². The van der Waals surface area contributed by atoms with Crippen LogP contribution in [0.5, 0.6) is 0 Å². The number of hydrogen-bond acceptors (Lipinski definition) is 3. The van der Waals surface area contributed by atoms with Crippen molar-refractivity contribution >= 4 is 23.2 Å². The van der Waals surface area contributed by atoms with Crippen molar-refractivity contribution in [3.05, 3.63) is 98.3 Å². The number of rotatable bonds is 5. The van der Waals surface area contributed by atoms with Crippen LogP contribution in [-0.4, -0.2) is 15.5 Å². The summed E-state index contributed by atoms with van der Waals surface area (Å²) in [5.41, 5.74) is 2.91. The second-order valence-corrected chi connectivity index (χ2v) is 6.59. The van der Waals surface area contributed by atoms with Crippen LogP contribution in [0.3, 0.4) is 0 Å². The highest BCUT2D eigenvalue weighted by Crippen LogP contribution is 2.21. The van der Waals surface area contributed by atoms with Gasteiger partial charge in [0.05, 0.1) is 11.5 Å². The van der Waals surface area contributed by atoms with Crippen LogP contribution in [0.4, 0.5) is 5.69 Å². The molecule has 0 saturated carbocycles. The number of halogens is 1. The Kier molecular flexibility index (Phi) is 5.28. The number of carbonyl (C=O) groups excluding carboxylic acids is 1. The molecule has 0 fully saturated rings. The van der Waals surface area contributed by atoms with Gasteiger partial charge in [0.2, 0.25) is 0 Å². The van der Waals surface area contributed by atoms with Crippen molar-refractivity contribution in [3.8, 4) is 0 Å². The van der Waals surface area contributed by atoms with Crippen LogP contribution in [0.15, 0.2) is 60.7 Å². The topological polar surface area (TPSA) is 68.4 Å². The molecule has 0 unspecified atom stereocenters. The zero-order chi connectivity index (χ0) is 19.6. The zero-order valence-electron chi connectivity index (χ0n) is 14.9. The van der Waals surface area contributed by atoms with E-state index in [0.717, 1.165) is 17.0 Å². The van der Waals surface area contributed by atoms with Gasteiger partial charge in [-0.25, -0.2) is 5.01 Å². The van der Waals surface area contributed by atoms with E-state index in [1.165, 1.54) is 24.3 Å². The zero-order valence-corrected chi connectivity index (χ0v) is 15.7. The van der Waals surface area contributed by atoms with E-state index >= 15 is 0 Å². The molecule has 0 radical (unpaired) electrons. The predicted octanol–water partition coefficient (Wildman–Crippen LogP) is 4.65. The van der Waals surface area contributed by atoms with Gasteiger partial charge in [0.15, 0.2) is 0 Å². The van der Waals surface area contributed by atoms with Crippen LogP contribution in [0.1, 0.15) is 27.3 Å². The fourth-order valence-electron chi connectivity index (χ4n) is 2.94. The molecule has 0 bridgehead atoms. The molecule has 1 aromatic heterocycles. The molecule has 0 aliphatic heterocycles. The maximum absolute atomic E-state index is 13.2. The van der Waals surface area contributed by atoms with Crippen LogP contribution < -0.4 is 5.01 Å². The number of benzene rings is 2. The third kappa shape index (κ3) is 3.85. The van der Waals surface area contributed by atoms with Crippen molar-refractivity contribution < 1.29 is 9.72 Å². The summed E-state index contributed by atoms with van der Waals surface area (Å²) >= 11 is 6.29. The van der Waals surface area contributed by atoms with Gasteiger partial charge in [-0.05, 0) is 49.7 Å². The van der Waals surface area contributed by atoms with Crippen molar-refractivity contribution in [3.63, 3.8) is 0 Å². The molecule has 3 aromatic rings. The van der Waals surface area contributed by atoms with Crippen molar-refractivity contribution in [1.29, 1.82) is 0 Å². The van der Waals surface area contributed by atoms with Crippen molar-refractivity contribution in [1.82, 2.24) is 4.68 Å². The third-order valence-electron chi connectivity index (χ3n) is 4.31. The van der Waals surface area contributed by atoms with E-state index in [0.29, 0.717) is 10.6 Å². The molecule has 27 heavy (non-hydrogen) atoms. The van der Waals surface area contributed by atoms with Crippen molar-refractivity contribution in [2.75, 3.05) is 5.01 Å². The van der Waals surface area contributed by atoms with E-state index in [1.54, 1.807) is 11.1 Å². The average molecular weight is 384 g/mol. The number of nitro groups is 1. The average Bonchev–Trinajstić information content (AvgIpc) is 2.99. The van der Waals surface area contributed by atoms with Crippen LogP contribution in [0, 0.1) is 24.0 Å². The molecule has 0 N–H and O–H groups in total. The minimum absolute atomic E-state index is 0.0578. The van der Waals surface area contributed by atoms with Crippen LogP contribution in [-0.2, 0) is 6.54 Å². The lowest BCUT2D eigenvalue weighted by Gasteiger charge is -2.27. The molecular weight excluding hydrogens is 366 g/mol.